The maximum Gasteiger partial charge on any atom is 0.129 e. The Hall–Kier alpha value is -1.91. The number of aromatic nitrogens is 1. The number of fused-ring (bicyclic) bond motifs is 2. The fraction of sp³-hybridized carbons (Fsp3) is 0.500. The fourth-order valence-electron chi connectivity index (χ4n) is 3.66. The van der Waals surface area contributed by atoms with Gasteiger partial charge in [0.1, 0.15) is 5.75 Å². The van der Waals surface area contributed by atoms with Crippen LogP contribution in [-0.4, -0.2) is 25.3 Å². The Labute approximate surface area is 156 Å². The summed E-state index contributed by atoms with van der Waals surface area (Å²) in [6, 6.07) is 4.38. The van der Waals surface area contributed by atoms with E-state index in [0.29, 0.717) is 13.2 Å². The van der Waals surface area contributed by atoms with Crippen LogP contribution >= 0.6 is 0 Å². The van der Waals surface area contributed by atoms with E-state index in [1.807, 2.05) is 12.4 Å². The summed E-state index contributed by atoms with van der Waals surface area (Å²) in [6.07, 6.45) is 8.41. The normalized spacial score (nSPS) is 16.3. The molecule has 0 aliphatic carbocycles. The van der Waals surface area contributed by atoms with Crippen molar-refractivity contribution in [3.05, 3.63) is 46.8 Å². The van der Waals surface area contributed by atoms with Crippen molar-refractivity contribution in [1.82, 2.24) is 4.98 Å². The number of methoxy groups -OCH3 is 1. The number of aryl methyl sites for hydroxylation is 2. The Morgan fingerprint density at radius 3 is 1.88 bits per heavy atom. The predicted octanol–water partition coefficient (Wildman–Crippen LogP) is 4.98. The second kappa shape index (κ2) is 9.15. The molecule has 2 bridgehead atoms. The minimum atomic E-state index is 0.563. The largest absolute Gasteiger partial charge is 0.496 e. The molecule has 0 N–H and O–H groups in total. The molecule has 4 heteroatoms. The minimum Gasteiger partial charge on any atom is -0.496 e. The van der Waals surface area contributed by atoms with E-state index in [9.17, 15) is 0 Å². The smallest absolute Gasteiger partial charge is 0.129 e. The van der Waals surface area contributed by atoms with E-state index >= 15 is 0 Å². The van der Waals surface area contributed by atoms with Crippen LogP contribution in [0, 0.1) is 13.8 Å². The van der Waals surface area contributed by atoms with E-state index < -0.39 is 0 Å². The average molecular weight is 355 g/mol. The third-order valence-electron chi connectivity index (χ3n) is 4.90. The van der Waals surface area contributed by atoms with Crippen LogP contribution in [0.2, 0.25) is 0 Å². The van der Waals surface area contributed by atoms with Crippen LogP contribution in [0.4, 0.5) is 0 Å². The maximum atomic E-state index is 5.95. The van der Waals surface area contributed by atoms with Crippen molar-refractivity contribution in [2.75, 3.05) is 20.3 Å². The lowest BCUT2D eigenvalue weighted by atomic mass is 9.94. The van der Waals surface area contributed by atoms with E-state index in [-0.39, 0.29) is 0 Å². The van der Waals surface area contributed by atoms with Gasteiger partial charge in [-0.15, -0.1) is 0 Å². The van der Waals surface area contributed by atoms with Crippen molar-refractivity contribution in [2.24, 2.45) is 0 Å². The molecule has 140 valence electrons. The highest BCUT2D eigenvalue weighted by atomic mass is 16.5. The second-order valence-corrected chi connectivity index (χ2v) is 7.00. The predicted molar refractivity (Wildman–Crippen MR) is 103 cm³/mol. The molecule has 0 spiro atoms. The van der Waals surface area contributed by atoms with Gasteiger partial charge in [-0.25, -0.2) is 0 Å². The number of rotatable bonds is 2. The standard InChI is InChI=1S/C22H29NO3/c1-16-12-23-13-17(2)21(16)18-10-19-14-25-8-6-4-5-7-9-26-15-20(11-18)22(19)24-3/h10-13H,4-9,14-15H2,1-3H3. The summed E-state index contributed by atoms with van der Waals surface area (Å²) >= 11 is 0. The van der Waals surface area contributed by atoms with Crippen LogP contribution in [0.3, 0.4) is 0 Å². The third kappa shape index (κ3) is 4.43. The summed E-state index contributed by atoms with van der Waals surface area (Å²) in [5, 5.41) is 0. The number of hydrogen-bond acceptors (Lipinski definition) is 4. The molecule has 2 aromatic rings. The van der Waals surface area contributed by atoms with Gasteiger partial charge < -0.3 is 14.2 Å². The minimum absolute atomic E-state index is 0.563. The Bertz CT molecular complexity index is 689. The first-order valence-electron chi connectivity index (χ1n) is 9.47. The molecule has 0 fully saturated rings. The summed E-state index contributed by atoms with van der Waals surface area (Å²) in [4.78, 5) is 4.30. The highest BCUT2D eigenvalue weighted by Crippen LogP contribution is 2.35. The van der Waals surface area contributed by atoms with Crippen LogP contribution in [0.5, 0.6) is 5.75 Å². The number of pyridine rings is 1. The van der Waals surface area contributed by atoms with Gasteiger partial charge in [-0.05, 0) is 61.1 Å². The van der Waals surface area contributed by atoms with E-state index in [0.717, 1.165) is 42.9 Å². The molecule has 0 radical (unpaired) electrons. The fourth-order valence-corrected chi connectivity index (χ4v) is 3.66. The van der Waals surface area contributed by atoms with Crippen molar-refractivity contribution < 1.29 is 14.2 Å². The van der Waals surface area contributed by atoms with Crippen molar-refractivity contribution in [3.8, 4) is 16.9 Å². The maximum absolute atomic E-state index is 5.95. The van der Waals surface area contributed by atoms with E-state index in [4.69, 9.17) is 14.2 Å². The highest BCUT2D eigenvalue weighted by Gasteiger charge is 2.16. The molecule has 4 nitrogen and oxygen atoms in total. The Balaban J connectivity index is 2.04. The molecule has 26 heavy (non-hydrogen) atoms. The third-order valence-corrected chi connectivity index (χ3v) is 4.90. The first-order valence-corrected chi connectivity index (χ1v) is 9.47. The summed E-state index contributed by atoms with van der Waals surface area (Å²) in [5.41, 5.74) is 6.92. The Morgan fingerprint density at radius 1 is 0.846 bits per heavy atom. The Kier molecular flexibility index (Phi) is 6.64. The topological polar surface area (TPSA) is 40.6 Å². The van der Waals surface area contributed by atoms with E-state index in [1.54, 1.807) is 7.11 Å². The SMILES string of the molecule is COc1c2cc(-c3c(C)cncc3C)cc1COCCCCCCOC2. The van der Waals surface area contributed by atoms with Crippen LogP contribution in [-0.2, 0) is 22.7 Å². The van der Waals surface area contributed by atoms with E-state index in [1.165, 1.54) is 35.1 Å². The summed E-state index contributed by atoms with van der Waals surface area (Å²) in [6.45, 7) is 6.91. The quantitative estimate of drug-likeness (QED) is 0.762. The van der Waals surface area contributed by atoms with Crippen LogP contribution in [0.25, 0.3) is 11.1 Å². The van der Waals surface area contributed by atoms with Gasteiger partial charge in [0.05, 0.1) is 20.3 Å². The molecule has 0 atom stereocenters. The van der Waals surface area contributed by atoms with Crippen LogP contribution in [0.15, 0.2) is 24.5 Å². The van der Waals surface area contributed by atoms with Gasteiger partial charge in [0.25, 0.3) is 0 Å². The van der Waals surface area contributed by atoms with Gasteiger partial charge in [-0.2, -0.15) is 0 Å². The number of hydrogen-bond donors (Lipinski definition) is 0. The molecular weight excluding hydrogens is 326 g/mol. The molecule has 1 aliphatic rings. The van der Waals surface area contributed by atoms with Gasteiger partial charge in [-0.3, -0.25) is 4.98 Å². The lowest BCUT2D eigenvalue weighted by molar-refractivity contribution is 0.112. The molecule has 0 unspecified atom stereocenters. The second-order valence-electron chi connectivity index (χ2n) is 7.00. The van der Waals surface area contributed by atoms with E-state index in [2.05, 4.69) is 31.0 Å². The first kappa shape index (κ1) is 18.9. The zero-order valence-electron chi connectivity index (χ0n) is 16.1. The zero-order chi connectivity index (χ0) is 18.4. The molecule has 1 aromatic heterocycles. The zero-order valence-corrected chi connectivity index (χ0v) is 16.1. The summed E-state index contributed by atoms with van der Waals surface area (Å²) in [5.74, 6) is 0.886. The van der Waals surface area contributed by atoms with Gasteiger partial charge >= 0.3 is 0 Å². The van der Waals surface area contributed by atoms with Gasteiger partial charge in [-0.1, -0.05) is 12.8 Å². The van der Waals surface area contributed by atoms with Crippen molar-refractivity contribution >= 4 is 0 Å². The monoisotopic (exact) mass is 355 g/mol. The molecular formula is C22H29NO3. The summed E-state index contributed by atoms with van der Waals surface area (Å²) in [7, 11) is 1.73. The summed E-state index contributed by atoms with van der Waals surface area (Å²) < 4.78 is 17.6. The molecule has 0 amide bonds. The lowest BCUT2D eigenvalue weighted by Crippen LogP contribution is -2.04. The molecule has 0 saturated carbocycles. The van der Waals surface area contributed by atoms with Crippen molar-refractivity contribution in [3.63, 3.8) is 0 Å². The van der Waals surface area contributed by atoms with Crippen LogP contribution in [0.1, 0.15) is 47.9 Å². The first-order chi connectivity index (χ1) is 12.7. The number of nitrogens with zero attached hydrogens (tertiary/aromatic N) is 1. The van der Waals surface area contributed by atoms with Gasteiger partial charge in [0.15, 0.2) is 0 Å². The molecule has 0 saturated heterocycles. The molecule has 2 heterocycles. The average Bonchev–Trinajstić information content (AvgIpc) is 2.63. The Morgan fingerprint density at radius 2 is 1.38 bits per heavy atom. The lowest BCUT2D eigenvalue weighted by Gasteiger charge is -2.18. The number of ether oxygens (including phenoxy) is 3. The van der Waals surface area contributed by atoms with Gasteiger partial charge in [0.2, 0.25) is 0 Å². The number of benzene rings is 1. The van der Waals surface area contributed by atoms with Crippen molar-refractivity contribution in [2.45, 2.75) is 52.7 Å². The highest BCUT2D eigenvalue weighted by molar-refractivity contribution is 5.72. The van der Waals surface area contributed by atoms with Crippen molar-refractivity contribution in [1.29, 1.82) is 0 Å². The molecule has 1 aliphatic heterocycles. The van der Waals surface area contributed by atoms with Crippen LogP contribution < -0.4 is 4.74 Å². The molecule has 1 aromatic carbocycles. The molecule has 3 rings (SSSR count). The van der Waals surface area contributed by atoms with Gasteiger partial charge in [0, 0.05) is 36.7 Å².